The number of carbonyl (C=O) groups excluding carboxylic acids is 1. The Bertz CT molecular complexity index is 1080. The van der Waals surface area contributed by atoms with Crippen LogP contribution in [0.3, 0.4) is 0 Å². The van der Waals surface area contributed by atoms with Crippen LogP contribution < -0.4 is 19.6 Å². The molecule has 0 bridgehead atoms. The van der Waals surface area contributed by atoms with E-state index in [2.05, 4.69) is 10.5 Å². The number of benzene rings is 3. The van der Waals surface area contributed by atoms with Crippen molar-refractivity contribution in [1.82, 2.24) is 5.43 Å². The molecule has 0 atom stereocenters. The molecule has 8 heteroatoms. The Kier molecular flexibility index (Phi) is 7.76. The molecule has 0 aromatic heterocycles. The van der Waals surface area contributed by atoms with E-state index in [0.29, 0.717) is 45.0 Å². The molecule has 0 radical (unpaired) electrons. The van der Waals surface area contributed by atoms with Gasteiger partial charge in [0.2, 0.25) is 0 Å². The summed E-state index contributed by atoms with van der Waals surface area (Å²) in [7, 11) is 3.03. The largest absolute Gasteiger partial charge is 0.497 e. The third-order valence-corrected chi connectivity index (χ3v) is 4.71. The summed E-state index contributed by atoms with van der Waals surface area (Å²) in [5.41, 5.74) is 4.36. The number of nitrogens with zero attached hydrogens (tertiary/aromatic N) is 1. The predicted octanol–water partition coefficient (Wildman–Crippen LogP) is 5.35. The molecule has 3 aromatic rings. The summed E-state index contributed by atoms with van der Waals surface area (Å²) in [6, 6.07) is 17.4. The average molecular weight is 459 g/mol. The zero-order valence-electron chi connectivity index (χ0n) is 16.9. The first-order valence-corrected chi connectivity index (χ1v) is 9.97. The normalized spacial score (nSPS) is 10.7. The minimum Gasteiger partial charge on any atom is -0.497 e. The van der Waals surface area contributed by atoms with Crippen molar-refractivity contribution in [2.75, 3.05) is 14.2 Å². The van der Waals surface area contributed by atoms with Crippen LogP contribution >= 0.6 is 23.2 Å². The van der Waals surface area contributed by atoms with Gasteiger partial charge in [-0.3, -0.25) is 4.79 Å². The predicted molar refractivity (Wildman–Crippen MR) is 122 cm³/mol. The molecule has 0 unspecified atom stereocenters. The van der Waals surface area contributed by atoms with E-state index < -0.39 is 5.91 Å². The lowest BCUT2D eigenvalue weighted by Gasteiger charge is -2.10. The summed E-state index contributed by atoms with van der Waals surface area (Å²) in [5, 5.41) is 5.18. The number of amides is 1. The number of nitrogens with one attached hydrogen (secondary N) is 1. The van der Waals surface area contributed by atoms with Crippen molar-refractivity contribution >= 4 is 35.3 Å². The number of hydrogen-bond donors (Lipinski definition) is 1. The van der Waals surface area contributed by atoms with Crippen molar-refractivity contribution in [2.24, 2.45) is 5.10 Å². The van der Waals surface area contributed by atoms with Crippen LogP contribution in [0.25, 0.3) is 0 Å². The fraction of sp³-hybridized carbons (Fsp3) is 0.130. The number of halogens is 2. The van der Waals surface area contributed by atoms with E-state index in [1.807, 2.05) is 18.2 Å². The highest BCUT2D eigenvalue weighted by molar-refractivity contribution is 6.31. The third kappa shape index (κ3) is 6.38. The monoisotopic (exact) mass is 458 g/mol. The van der Waals surface area contributed by atoms with Crippen LogP contribution in [0.15, 0.2) is 65.8 Å². The van der Waals surface area contributed by atoms with E-state index in [4.69, 9.17) is 37.4 Å². The van der Waals surface area contributed by atoms with Crippen LogP contribution in [0.1, 0.15) is 21.5 Å². The van der Waals surface area contributed by atoms with Crippen molar-refractivity contribution in [3.8, 4) is 17.2 Å². The topological polar surface area (TPSA) is 69.2 Å². The maximum atomic E-state index is 12.5. The number of methoxy groups -OCH3 is 2. The van der Waals surface area contributed by atoms with E-state index in [0.717, 1.165) is 5.56 Å². The highest BCUT2D eigenvalue weighted by Gasteiger charge is 2.10. The molecule has 0 saturated heterocycles. The molecular formula is C23H20Cl2N2O4. The molecule has 3 rings (SSSR count). The second-order valence-corrected chi connectivity index (χ2v) is 7.27. The van der Waals surface area contributed by atoms with Gasteiger partial charge in [0.15, 0.2) is 0 Å². The van der Waals surface area contributed by atoms with Crippen LogP contribution in [0, 0.1) is 0 Å². The lowest BCUT2D eigenvalue weighted by molar-refractivity contribution is 0.0954. The molecular weight excluding hydrogens is 439 g/mol. The van der Waals surface area contributed by atoms with Gasteiger partial charge in [0.1, 0.15) is 23.9 Å². The minimum atomic E-state index is -0.420. The number of hydrogen-bond acceptors (Lipinski definition) is 5. The van der Waals surface area contributed by atoms with Crippen LogP contribution in [-0.4, -0.2) is 26.3 Å². The molecule has 160 valence electrons. The van der Waals surface area contributed by atoms with Gasteiger partial charge in [-0.1, -0.05) is 35.3 Å². The number of ether oxygens (including phenoxy) is 3. The quantitative estimate of drug-likeness (QED) is 0.364. The molecule has 1 N–H and O–H groups in total. The first-order valence-electron chi connectivity index (χ1n) is 9.22. The second-order valence-electron chi connectivity index (χ2n) is 6.40. The van der Waals surface area contributed by atoms with Crippen LogP contribution in [-0.2, 0) is 6.61 Å². The average Bonchev–Trinajstić information content (AvgIpc) is 2.78. The molecule has 3 aromatic carbocycles. The van der Waals surface area contributed by atoms with Crippen LogP contribution in [0.2, 0.25) is 10.0 Å². The summed E-state index contributed by atoms with van der Waals surface area (Å²) in [5.74, 6) is 1.14. The molecule has 0 heterocycles. The van der Waals surface area contributed by atoms with Gasteiger partial charge in [-0.05, 0) is 48.0 Å². The van der Waals surface area contributed by atoms with Crippen molar-refractivity contribution in [3.63, 3.8) is 0 Å². The summed E-state index contributed by atoms with van der Waals surface area (Å²) in [6.45, 7) is 0.318. The number of hydrazone groups is 1. The lowest BCUT2D eigenvalue weighted by Crippen LogP contribution is -2.17. The molecule has 0 fully saturated rings. The lowest BCUT2D eigenvalue weighted by atomic mass is 10.2. The Morgan fingerprint density at radius 2 is 1.68 bits per heavy atom. The second kappa shape index (κ2) is 10.7. The maximum absolute atomic E-state index is 12.5. The molecule has 31 heavy (non-hydrogen) atoms. The van der Waals surface area contributed by atoms with E-state index in [9.17, 15) is 4.79 Å². The summed E-state index contributed by atoms with van der Waals surface area (Å²) < 4.78 is 16.2. The summed E-state index contributed by atoms with van der Waals surface area (Å²) in [4.78, 5) is 12.5. The van der Waals surface area contributed by atoms with Gasteiger partial charge in [-0.15, -0.1) is 0 Å². The van der Waals surface area contributed by atoms with Gasteiger partial charge < -0.3 is 14.2 Å². The highest BCUT2D eigenvalue weighted by atomic mass is 35.5. The Balaban J connectivity index is 1.71. The fourth-order valence-electron chi connectivity index (χ4n) is 2.70. The van der Waals surface area contributed by atoms with E-state index in [1.54, 1.807) is 42.5 Å². The van der Waals surface area contributed by atoms with Crippen molar-refractivity contribution < 1.29 is 19.0 Å². The maximum Gasteiger partial charge on any atom is 0.271 e. The molecule has 0 aliphatic carbocycles. The van der Waals surface area contributed by atoms with Crippen LogP contribution in [0.5, 0.6) is 17.2 Å². The third-order valence-electron chi connectivity index (χ3n) is 4.24. The van der Waals surface area contributed by atoms with Gasteiger partial charge >= 0.3 is 0 Å². The summed E-state index contributed by atoms with van der Waals surface area (Å²) in [6.07, 6.45) is 1.47. The standard InChI is InChI=1S/C23H20Cl2N2O4/c1-29-20-10-16(11-21(12-20)30-2)23(28)27-26-13-17-9-19(25)6-7-22(17)31-14-15-4-3-5-18(24)8-15/h3-13H,14H2,1-2H3,(H,27,28). The van der Waals surface area contributed by atoms with Crippen molar-refractivity contribution in [3.05, 3.63) is 87.4 Å². The molecule has 0 spiro atoms. The molecule has 6 nitrogen and oxygen atoms in total. The Labute approximate surface area is 190 Å². The fourth-order valence-corrected chi connectivity index (χ4v) is 3.10. The van der Waals surface area contributed by atoms with E-state index in [1.165, 1.54) is 20.4 Å². The molecule has 0 aliphatic rings. The smallest absolute Gasteiger partial charge is 0.271 e. The number of carbonyl (C=O) groups is 1. The number of rotatable bonds is 8. The Hall–Kier alpha value is -3.22. The minimum absolute atomic E-state index is 0.318. The molecule has 0 aliphatic heterocycles. The zero-order valence-corrected chi connectivity index (χ0v) is 18.4. The Morgan fingerprint density at radius 3 is 2.35 bits per heavy atom. The first-order chi connectivity index (χ1) is 15.0. The Morgan fingerprint density at radius 1 is 0.968 bits per heavy atom. The van der Waals surface area contributed by atoms with Crippen molar-refractivity contribution in [2.45, 2.75) is 6.61 Å². The van der Waals surface area contributed by atoms with E-state index >= 15 is 0 Å². The first kappa shape index (κ1) is 22.5. The van der Waals surface area contributed by atoms with Gasteiger partial charge in [-0.25, -0.2) is 5.43 Å². The van der Waals surface area contributed by atoms with Gasteiger partial charge in [0.25, 0.3) is 5.91 Å². The molecule has 0 saturated carbocycles. The van der Waals surface area contributed by atoms with Gasteiger partial charge in [0, 0.05) is 27.2 Å². The van der Waals surface area contributed by atoms with Crippen LogP contribution in [0.4, 0.5) is 0 Å². The molecule has 1 amide bonds. The van der Waals surface area contributed by atoms with Crippen molar-refractivity contribution in [1.29, 1.82) is 0 Å². The highest BCUT2D eigenvalue weighted by Crippen LogP contribution is 2.24. The van der Waals surface area contributed by atoms with E-state index in [-0.39, 0.29) is 0 Å². The zero-order chi connectivity index (χ0) is 22.2. The van der Waals surface area contributed by atoms with Gasteiger partial charge in [0.05, 0.1) is 20.4 Å². The SMILES string of the molecule is COc1cc(OC)cc(C(=O)NN=Cc2cc(Cl)ccc2OCc2cccc(Cl)c2)c1. The summed E-state index contributed by atoms with van der Waals surface area (Å²) >= 11 is 12.1. The van der Waals surface area contributed by atoms with Gasteiger partial charge in [-0.2, -0.15) is 5.10 Å².